The SMILES string of the molecule is CCn1nnc(CN)c1/C=C/c1ccccc1. The van der Waals surface area contributed by atoms with Crippen molar-refractivity contribution >= 4 is 12.2 Å². The monoisotopic (exact) mass is 228 g/mol. The van der Waals surface area contributed by atoms with Crippen LogP contribution in [0.1, 0.15) is 23.9 Å². The molecule has 0 aliphatic carbocycles. The zero-order valence-corrected chi connectivity index (χ0v) is 9.87. The molecule has 0 spiro atoms. The second-order valence-corrected chi connectivity index (χ2v) is 3.69. The lowest BCUT2D eigenvalue weighted by Gasteiger charge is -1.99. The first-order valence-electron chi connectivity index (χ1n) is 5.70. The van der Waals surface area contributed by atoms with E-state index in [4.69, 9.17) is 5.73 Å². The maximum absolute atomic E-state index is 5.64. The number of nitrogens with two attached hydrogens (primary N) is 1. The smallest absolute Gasteiger partial charge is 0.104 e. The van der Waals surface area contributed by atoms with Crippen LogP contribution in [0.4, 0.5) is 0 Å². The van der Waals surface area contributed by atoms with Crippen molar-refractivity contribution in [3.05, 3.63) is 47.3 Å². The van der Waals surface area contributed by atoms with Crippen LogP contribution in [0.5, 0.6) is 0 Å². The van der Waals surface area contributed by atoms with E-state index in [0.29, 0.717) is 6.54 Å². The molecular weight excluding hydrogens is 212 g/mol. The quantitative estimate of drug-likeness (QED) is 0.869. The fourth-order valence-corrected chi connectivity index (χ4v) is 1.66. The number of aromatic nitrogens is 3. The highest BCUT2D eigenvalue weighted by Crippen LogP contribution is 2.10. The van der Waals surface area contributed by atoms with Crippen LogP contribution in [0, 0.1) is 0 Å². The van der Waals surface area contributed by atoms with Crippen LogP contribution in [-0.4, -0.2) is 15.0 Å². The van der Waals surface area contributed by atoms with Gasteiger partial charge in [0.05, 0.1) is 5.69 Å². The third kappa shape index (κ3) is 2.60. The van der Waals surface area contributed by atoms with Crippen LogP contribution >= 0.6 is 0 Å². The first-order valence-corrected chi connectivity index (χ1v) is 5.70. The fourth-order valence-electron chi connectivity index (χ4n) is 1.66. The maximum atomic E-state index is 5.64. The molecule has 4 nitrogen and oxygen atoms in total. The van der Waals surface area contributed by atoms with Gasteiger partial charge in [-0.15, -0.1) is 5.10 Å². The Balaban J connectivity index is 2.29. The predicted molar refractivity (Wildman–Crippen MR) is 69.0 cm³/mol. The van der Waals surface area contributed by atoms with Gasteiger partial charge in [0.2, 0.25) is 0 Å². The second kappa shape index (κ2) is 5.41. The molecule has 0 atom stereocenters. The van der Waals surface area contributed by atoms with Crippen LogP contribution in [0.3, 0.4) is 0 Å². The van der Waals surface area contributed by atoms with Gasteiger partial charge in [-0.1, -0.05) is 41.6 Å². The molecule has 1 aromatic carbocycles. The van der Waals surface area contributed by atoms with Crippen molar-refractivity contribution in [1.29, 1.82) is 0 Å². The van der Waals surface area contributed by atoms with E-state index in [9.17, 15) is 0 Å². The average Bonchev–Trinajstić information content (AvgIpc) is 2.79. The summed E-state index contributed by atoms with van der Waals surface area (Å²) in [6.45, 7) is 3.24. The van der Waals surface area contributed by atoms with Crippen molar-refractivity contribution in [3.8, 4) is 0 Å². The molecule has 0 bridgehead atoms. The molecule has 0 aliphatic rings. The molecule has 2 N–H and O–H groups in total. The second-order valence-electron chi connectivity index (χ2n) is 3.69. The van der Waals surface area contributed by atoms with Gasteiger partial charge in [-0.25, -0.2) is 4.68 Å². The molecule has 1 aromatic heterocycles. The Bertz CT molecular complexity index is 478. The summed E-state index contributed by atoms with van der Waals surface area (Å²) in [6.07, 6.45) is 4.06. The fraction of sp³-hybridized carbons (Fsp3) is 0.231. The first-order chi connectivity index (χ1) is 8.35. The van der Waals surface area contributed by atoms with Gasteiger partial charge in [-0.3, -0.25) is 0 Å². The molecule has 0 saturated heterocycles. The normalized spacial score (nSPS) is 11.2. The topological polar surface area (TPSA) is 56.7 Å². The molecule has 2 rings (SSSR count). The number of hydrogen-bond acceptors (Lipinski definition) is 3. The van der Waals surface area contributed by atoms with E-state index in [0.717, 1.165) is 23.5 Å². The van der Waals surface area contributed by atoms with E-state index < -0.39 is 0 Å². The van der Waals surface area contributed by atoms with Crippen molar-refractivity contribution in [3.63, 3.8) is 0 Å². The van der Waals surface area contributed by atoms with Gasteiger partial charge in [-0.2, -0.15) is 0 Å². The lowest BCUT2D eigenvalue weighted by atomic mass is 10.2. The minimum atomic E-state index is 0.411. The third-order valence-corrected chi connectivity index (χ3v) is 2.57. The van der Waals surface area contributed by atoms with Crippen molar-refractivity contribution in [2.24, 2.45) is 5.73 Å². The van der Waals surface area contributed by atoms with Gasteiger partial charge >= 0.3 is 0 Å². The van der Waals surface area contributed by atoms with Gasteiger partial charge in [-0.05, 0) is 18.6 Å². The molecule has 88 valence electrons. The molecule has 4 heteroatoms. The van der Waals surface area contributed by atoms with Crippen LogP contribution < -0.4 is 5.73 Å². The summed E-state index contributed by atoms with van der Waals surface area (Å²) in [7, 11) is 0. The van der Waals surface area contributed by atoms with Crippen molar-refractivity contribution in [1.82, 2.24) is 15.0 Å². The van der Waals surface area contributed by atoms with E-state index in [1.165, 1.54) is 0 Å². The summed E-state index contributed by atoms with van der Waals surface area (Å²) in [5.74, 6) is 0. The molecule has 1 heterocycles. The number of rotatable bonds is 4. The van der Waals surface area contributed by atoms with Crippen molar-refractivity contribution in [2.45, 2.75) is 20.0 Å². The summed E-state index contributed by atoms with van der Waals surface area (Å²) >= 11 is 0. The summed E-state index contributed by atoms with van der Waals surface area (Å²) in [4.78, 5) is 0. The number of benzene rings is 1. The average molecular weight is 228 g/mol. The Labute approximate surface area is 101 Å². The number of nitrogens with zero attached hydrogens (tertiary/aromatic N) is 3. The highest BCUT2D eigenvalue weighted by atomic mass is 15.4. The molecule has 0 radical (unpaired) electrons. The zero-order chi connectivity index (χ0) is 12.1. The molecule has 0 aliphatic heterocycles. The summed E-state index contributed by atoms with van der Waals surface area (Å²) < 4.78 is 1.85. The molecule has 0 amide bonds. The summed E-state index contributed by atoms with van der Waals surface area (Å²) in [5.41, 5.74) is 8.61. The van der Waals surface area contributed by atoms with E-state index in [1.54, 1.807) is 0 Å². The highest BCUT2D eigenvalue weighted by molar-refractivity contribution is 5.68. The van der Waals surface area contributed by atoms with Gasteiger partial charge < -0.3 is 5.73 Å². The van der Waals surface area contributed by atoms with Gasteiger partial charge in [0, 0.05) is 13.1 Å². The summed E-state index contributed by atoms with van der Waals surface area (Å²) in [5, 5.41) is 8.11. The molecule has 0 fully saturated rings. The van der Waals surface area contributed by atoms with E-state index in [2.05, 4.69) is 22.4 Å². The molecule has 0 unspecified atom stereocenters. The Hall–Kier alpha value is -1.94. The van der Waals surface area contributed by atoms with E-state index in [-0.39, 0.29) is 0 Å². The minimum absolute atomic E-state index is 0.411. The van der Waals surface area contributed by atoms with Gasteiger partial charge in [0.15, 0.2) is 0 Å². The molecule has 2 aromatic rings. The standard InChI is InChI=1S/C13H16N4/c1-2-17-13(12(10-14)15-16-17)9-8-11-6-4-3-5-7-11/h3-9H,2,10,14H2,1H3/b9-8+. The van der Waals surface area contributed by atoms with Crippen molar-refractivity contribution < 1.29 is 0 Å². The Morgan fingerprint density at radius 3 is 2.65 bits per heavy atom. The van der Waals surface area contributed by atoms with Gasteiger partial charge in [0.1, 0.15) is 5.69 Å². The lowest BCUT2D eigenvalue weighted by Crippen LogP contribution is -2.02. The first kappa shape index (κ1) is 11.5. The van der Waals surface area contributed by atoms with Crippen LogP contribution in [0.15, 0.2) is 30.3 Å². The Kier molecular flexibility index (Phi) is 3.67. The number of hydrogen-bond donors (Lipinski definition) is 1. The maximum Gasteiger partial charge on any atom is 0.104 e. The van der Waals surface area contributed by atoms with Crippen LogP contribution in [0.25, 0.3) is 12.2 Å². The Morgan fingerprint density at radius 2 is 2.00 bits per heavy atom. The van der Waals surface area contributed by atoms with Crippen molar-refractivity contribution in [2.75, 3.05) is 0 Å². The molecular formula is C13H16N4. The lowest BCUT2D eigenvalue weighted by molar-refractivity contribution is 0.622. The predicted octanol–water partition coefficient (Wildman–Crippen LogP) is 1.93. The van der Waals surface area contributed by atoms with Crippen LogP contribution in [-0.2, 0) is 13.1 Å². The largest absolute Gasteiger partial charge is 0.325 e. The highest BCUT2D eigenvalue weighted by Gasteiger charge is 2.06. The summed E-state index contributed by atoms with van der Waals surface area (Å²) in [6, 6.07) is 10.1. The molecule has 0 saturated carbocycles. The Morgan fingerprint density at radius 1 is 1.24 bits per heavy atom. The van der Waals surface area contributed by atoms with E-state index in [1.807, 2.05) is 42.0 Å². The van der Waals surface area contributed by atoms with Crippen LogP contribution in [0.2, 0.25) is 0 Å². The molecule has 17 heavy (non-hydrogen) atoms. The van der Waals surface area contributed by atoms with Gasteiger partial charge in [0.25, 0.3) is 0 Å². The third-order valence-electron chi connectivity index (χ3n) is 2.57. The van der Waals surface area contributed by atoms with E-state index >= 15 is 0 Å². The number of aryl methyl sites for hydroxylation is 1. The minimum Gasteiger partial charge on any atom is -0.325 e. The zero-order valence-electron chi connectivity index (χ0n) is 9.87.